The molecule has 1 N–H and O–H groups in total. The summed E-state index contributed by atoms with van der Waals surface area (Å²) in [6, 6.07) is 3.97. The number of furan rings is 1. The minimum Gasteiger partial charge on any atom is -0.459 e. The predicted octanol–water partition coefficient (Wildman–Crippen LogP) is 2.17. The second kappa shape index (κ2) is 7.11. The standard InChI is InChI=1S/C18H24N4O4/c1-2-15-20-21-17(25-15)22-9-7-18(8-10-22)6-5-13(26-18)12-19-16(23)14-4-3-11-24-14/h3-4,11,13H,2,5-10,12H2,1H3,(H,19,23)/t13-/m1/s1. The predicted molar refractivity (Wildman–Crippen MR) is 93.0 cm³/mol. The zero-order valence-corrected chi connectivity index (χ0v) is 14.9. The molecule has 0 aliphatic carbocycles. The molecule has 2 aromatic rings. The van der Waals surface area contributed by atoms with Crippen LogP contribution in [-0.4, -0.2) is 47.4 Å². The van der Waals surface area contributed by atoms with Crippen molar-refractivity contribution in [2.75, 3.05) is 24.5 Å². The van der Waals surface area contributed by atoms with Gasteiger partial charge >= 0.3 is 6.01 Å². The number of carbonyl (C=O) groups excluding carboxylic acids is 1. The van der Waals surface area contributed by atoms with E-state index in [0.717, 1.165) is 45.2 Å². The average molecular weight is 360 g/mol. The molecule has 0 aromatic carbocycles. The lowest BCUT2D eigenvalue weighted by atomic mass is 9.88. The summed E-state index contributed by atoms with van der Waals surface area (Å²) in [6.45, 7) is 4.20. The monoisotopic (exact) mass is 360 g/mol. The number of ether oxygens (including phenoxy) is 1. The van der Waals surface area contributed by atoms with Crippen LogP contribution in [0.4, 0.5) is 6.01 Å². The molecule has 26 heavy (non-hydrogen) atoms. The van der Waals surface area contributed by atoms with Crippen LogP contribution < -0.4 is 10.2 Å². The van der Waals surface area contributed by atoms with Crippen molar-refractivity contribution < 1.29 is 18.4 Å². The molecule has 4 heterocycles. The van der Waals surface area contributed by atoms with E-state index in [4.69, 9.17) is 13.6 Å². The van der Waals surface area contributed by atoms with Gasteiger partial charge in [-0.2, -0.15) is 0 Å². The number of aromatic nitrogens is 2. The van der Waals surface area contributed by atoms with Gasteiger partial charge in [0.05, 0.1) is 18.0 Å². The van der Waals surface area contributed by atoms with Crippen molar-refractivity contribution in [2.24, 2.45) is 0 Å². The Bertz CT molecular complexity index is 734. The smallest absolute Gasteiger partial charge is 0.318 e. The fourth-order valence-corrected chi connectivity index (χ4v) is 3.73. The fourth-order valence-electron chi connectivity index (χ4n) is 3.73. The number of anilines is 1. The summed E-state index contributed by atoms with van der Waals surface area (Å²) in [5.74, 6) is 0.805. The molecule has 140 valence electrons. The second-order valence-corrected chi connectivity index (χ2v) is 6.97. The Morgan fingerprint density at radius 2 is 2.19 bits per heavy atom. The van der Waals surface area contributed by atoms with E-state index < -0.39 is 0 Å². The Hall–Kier alpha value is -2.35. The number of hydrogen-bond acceptors (Lipinski definition) is 7. The van der Waals surface area contributed by atoms with Crippen molar-refractivity contribution in [2.45, 2.75) is 50.7 Å². The molecular formula is C18H24N4O4. The van der Waals surface area contributed by atoms with Gasteiger partial charge in [0, 0.05) is 26.1 Å². The van der Waals surface area contributed by atoms with Crippen LogP contribution in [0.15, 0.2) is 27.2 Å². The lowest BCUT2D eigenvalue weighted by Crippen LogP contribution is -2.45. The normalized spacial score (nSPS) is 22.0. The van der Waals surface area contributed by atoms with Crippen molar-refractivity contribution in [1.29, 1.82) is 0 Å². The van der Waals surface area contributed by atoms with Crippen LogP contribution in [0.3, 0.4) is 0 Å². The third-order valence-corrected chi connectivity index (χ3v) is 5.28. The first-order valence-corrected chi connectivity index (χ1v) is 9.24. The third-order valence-electron chi connectivity index (χ3n) is 5.28. The Morgan fingerprint density at radius 1 is 1.35 bits per heavy atom. The molecule has 1 atom stereocenters. The van der Waals surface area contributed by atoms with E-state index in [9.17, 15) is 4.79 Å². The molecule has 0 bridgehead atoms. The van der Waals surface area contributed by atoms with Gasteiger partial charge in [-0.15, -0.1) is 5.10 Å². The Balaban J connectivity index is 1.26. The second-order valence-electron chi connectivity index (χ2n) is 6.97. The maximum absolute atomic E-state index is 12.0. The Kier molecular flexibility index (Phi) is 4.67. The first-order valence-electron chi connectivity index (χ1n) is 9.24. The Labute approximate surface area is 151 Å². The van der Waals surface area contributed by atoms with E-state index in [1.165, 1.54) is 6.26 Å². The minimum absolute atomic E-state index is 0.0514. The van der Waals surface area contributed by atoms with Crippen LogP contribution in [0.25, 0.3) is 0 Å². The third kappa shape index (κ3) is 3.46. The van der Waals surface area contributed by atoms with Crippen LogP contribution in [0.2, 0.25) is 0 Å². The van der Waals surface area contributed by atoms with Crippen molar-refractivity contribution in [3.05, 3.63) is 30.0 Å². The van der Waals surface area contributed by atoms with E-state index in [2.05, 4.69) is 20.4 Å². The van der Waals surface area contributed by atoms with Crippen LogP contribution in [-0.2, 0) is 11.2 Å². The van der Waals surface area contributed by atoms with Gasteiger partial charge in [-0.05, 0) is 37.8 Å². The Morgan fingerprint density at radius 3 is 2.88 bits per heavy atom. The van der Waals surface area contributed by atoms with E-state index in [1.54, 1.807) is 12.1 Å². The molecule has 2 fully saturated rings. The van der Waals surface area contributed by atoms with E-state index in [1.807, 2.05) is 6.92 Å². The molecule has 4 rings (SSSR count). The molecule has 0 unspecified atom stereocenters. The number of amides is 1. The van der Waals surface area contributed by atoms with Gasteiger partial charge < -0.3 is 23.8 Å². The van der Waals surface area contributed by atoms with Crippen molar-refractivity contribution >= 4 is 11.9 Å². The van der Waals surface area contributed by atoms with Crippen LogP contribution >= 0.6 is 0 Å². The summed E-state index contributed by atoms with van der Waals surface area (Å²) in [7, 11) is 0. The zero-order chi connectivity index (χ0) is 18.0. The van der Waals surface area contributed by atoms with Gasteiger partial charge in [-0.1, -0.05) is 12.0 Å². The molecule has 0 saturated carbocycles. The summed E-state index contributed by atoms with van der Waals surface area (Å²) in [4.78, 5) is 14.1. The molecular weight excluding hydrogens is 336 g/mol. The highest BCUT2D eigenvalue weighted by molar-refractivity contribution is 5.91. The first kappa shape index (κ1) is 17.1. The van der Waals surface area contributed by atoms with Crippen molar-refractivity contribution in [3.63, 3.8) is 0 Å². The van der Waals surface area contributed by atoms with Gasteiger partial charge in [-0.25, -0.2) is 0 Å². The summed E-state index contributed by atoms with van der Waals surface area (Å²) >= 11 is 0. The highest BCUT2D eigenvalue weighted by Crippen LogP contribution is 2.39. The minimum atomic E-state index is -0.197. The quantitative estimate of drug-likeness (QED) is 0.873. The maximum atomic E-state index is 12.0. The first-order chi connectivity index (χ1) is 12.7. The van der Waals surface area contributed by atoms with Crippen LogP contribution in [0.5, 0.6) is 0 Å². The zero-order valence-electron chi connectivity index (χ0n) is 14.9. The number of carbonyl (C=O) groups is 1. The average Bonchev–Trinajstić information content (AvgIpc) is 3.42. The van der Waals surface area contributed by atoms with Crippen LogP contribution in [0.1, 0.15) is 49.1 Å². The molecule has 1 spiro atoms. The van der Waals surface area contributed by atoms with Gasteiger partial charge in [-0.3, -0.25) is 4.79 Å². The number of nitrogens with zero attached hydrogens (tertiary/aromatic N) is 3. The molecule has 8 nitrogen and oxygen atoms in total. The number of aryl methyl sites for hydroxylation is 1. The topological polar surface area (TPSA) is 93.6 Å². The van der Waals surface area contributed by atoms with E-state index >= 15 is 0 Å². The molecule has 2 aliphatic heterocycles. The SMILES string of the molecule is CCc1nnc(N2CCC3(CC[C@H](CNC(=O)c4ccco4)O3)CC2)o1. The fraction of sp³-hybridized carbons (Fsp3) is 0.611. The highest BCUT2D eigenvalue weighted by Gasteiger charge is 2.43. The summed E-state index contributed by atoms with van der Waals surface area (Å²) in [5, 5.41) is 11.1. The largest absolute Gasteiger partial charge is 0.459 e. The van der Waals surface area contributed by atoms with Crippen LogP contribution in [0, 0.1) is 0 Å². The van der Waals surface area contributed by atoms with E-state index in [0.29, 0.717) is 24.2 Å². The van der Waals surface area contributed by atoms with Gasteiger partial charge in [0.25, 0.3) is 5.91 Å². The summed E-state index contributed by atoms with van der Waals surface area (Å²) < 4.78 is 17.1. The van der Waals surface area contributed by atoms with Crippen molar-refractivity contribution in [1.82, 2.24) is 15.5 Å². The van der Waals surface area contributed by atoms with E-state index in [-0.39, 0.29) is 17.6 Å². The molecule has 2 aromatic heterocycles. The summed E-state index contributed by atoms with van der Waals surface area (Å²) in [6.07, 6.45) is 6.13. The molecule has 8 heteroatoms. The number of hydrogen-bond donors (Lipinski definition) is 1. The lowest BCUT2D eigenvalue weighted by molar-refractivity contribution is -0.0546. The number of rotatable bonds is 5. The van der Waals surface area contributed by atoms with Gasteiger partial charge in [0.15, 0.2) is 5.76 Å². The number of nitrogens with one attached hydrogen (secondary N) is 1. The summed E-state index contributed by atoms with van der Waals surface area (Å²) in [5.41, 5.74) is -0.0931. The maximum Gasteiger partial charge on any atom is 0.318 e. The molecule has 0 radical (unpaired) electrons. The van der Waals surface area contributed by atoms with Gasteiger partial charge in [0.2, 0.25) is 5.89 Å². The lowest BCUT2D eigenvalue weighted by Gasteiger charge is -2.38. The molecule has 2 aliphatic rings. The van der Waals surface area contributed by atoms with Gasteiger partial charge in [0.1, 0.15) is 0 Å². The molecule has 2 saturated heterocycles. The molecule has 1 amide bonds. The number of piperidine rings is 1. The highest BCUT2D eigenvalue weighted by atomic mass is 16.5. The van der Waals surface area contributed by atoms with Crippen molar-refractivity contribution in [3.8, 4) is 0 Å².